The van der Waals surface area contributed by atoms with Crippen LogP contribution in [0.2, 0.25) is 0 Å². The van der Waals surface area contributed by atoms with E-state index in [2.05, 4.69) is 46.2 Å². The smallest absolute Gasteiger partial charge is 0.191 e. The number of rotatable bonds is 8. The van der Waals surface area contributed by atoms with Crippen LogP contribution >= 0.6 is 0 Å². The zero-order chi connectivity index (χ0) is 15.5. The normalized spacial score (nSPS) is 18.2. The minimum Gasteiger partial charge on any atom is -0.356 e. The number of piperazine rings is 1. The van der Waals surface area contributed by atoms with Gasteiger partial charge in [-0.15, -0.1) is 0 Å². The van der Waals surface area contributed by atoms with E-state index in [1.54, 1.807) is 0 Å². The molecule has 124 valence electrons. The van der Waals surface area contributed by atoms with E-state index >= 15 is 0 Å². The van der Waals surface area contributed by atoms with Gasteiger partial charge in [0.05, 0.1) is 0 Å². The largest absolute Gasteiger partial charge is 0.356 e. The molecule has 0 aromatic rings. The third-order valence-electron chi connectivity index (χ3n) is 4.11. The molecule has 1 saturated heterocycles. The van der Waals surface area contributed by atoms with Gasteiger partial charge in [0.2, 0.25) is 0 Å². The molecule has 0 saturated carbocycles. The highest BCUT2D eigenvalue weighted by Crippen LogP contribution is 2.01. The Kier molecular flexibility index (Phi) is 9.42. The maximum atomic E-state index is 4.28. The maximum absolute atomic E-state index is 4.28. The van der Waals surface area contributed by atoms with Gasteiger partial charge in [-0.2, -0.15) is 0 Å². The average molecular weight is 297 g/mol. The van der Waals surface area contributed by atoms with E-state index in [9.17, 15) is 0 Å². The molecule has 1 aliphatic rings. The number of nitrogens with one attached hydrogen (secondary N) is 2. The van der Waals surface area contributed by atoms with Crippen LogP contribution in [-0.2, 0) is 0 Å². The van der Waals surface area contributed by atoms with Crippen molar-refractivity contribution in [3.63, 3.8) is 0 Å². The van der Waals surface area contributed by atoms with Gasteiger partial charge in [-0.25, -0.2) is 0 Å². The Morgan fingerprint density at radius 1 is 1.05 bits per heavy atom. The van der Waals surface area contributed by atoms with E-state index in [-0.39, 0.29) is 0 Å². The molecule has 1 fully saturated rings. The topological polar surface area (TPSA) is 42.9 Å². The number of likely N-dealkylation sites (N-methyl/N-ethyl adjacent to an activating group) is 1. The number of aliphatic imine (C=N–C) groups is 1. The fourth-order valence-corrected chi connectivity index (χ4v) is 2.60. The van der Waals surface area contributed by atoms with Crippen LogP contribution in [0.15, 0.2) is 4.99 Å². The van der Waals surface area contributed by atoms with E-state index in [0.717, 1.165) is 31.5 Å². The molecule has 0 aromatic heterocycles. The van der Waals surface area contributed by atoms with E-state index in [0.29, 0.717) is 0 Å². The summed E-state index contributed by atoms with van der Waals surface area (Å²) in [5.41, 5.74) is 0. The van der Waals surface area contributed by atoms with Crippen molar-refractivity contribution in [2.75, 3.05) is 59.4 Å². The number of guanidine groups is 1. The first-order chi connectivity index (χ1) is 10.2. The Balaban J connectivity index is 2.07. The lowest BCUT2D eigenvalue weighted by molar-refractivity contribution is 0.139. The van der Waals surface area contributed by atoms with Gasteiger partial charge in [0.1, 0.15) is 0 Å². The molecule has 1 aliphatic heterocycles. The van der Waals surface area contributed by atoms with Gasteiger partial charge >= 0.3 is 0 Å². The first kappa shape index (κ1) is 18.2. The second-order valence-electron chi connectivity index (χ2n) is 6.24. The second-order valence-corrected chi connectivity index (χ2v) is 6.24. The lowest BCUT2D eigenvalue weighted by Crippen LogP contribution is -2.49. The highest BCUT2D eigenvalue weighted by Gasteiger charge is 2.14. The van der Waals surface area contributed by atoms with Crippen molar-refractivity contribution in [3.05, 3.63) is 0 Å². The number of hydrogen-bond acceptors (Lipinski definition) is 3. The molecular weight excluding hydrogens is 262 g/mol. The first-order valence-corrected chi connectivity index (χ1v) is 8.55. The van der Waals surface area contributed by atoms with Crippen molar-refractivity contribution in [2.45, 2.75) is 33.6 Å². The van der Waals surface area contributed by atoms with Crippen LogP contribution < -0.4 is 10.6 Å². The molecule has 5 heteroatoms. The van der Waals surface area contributed by atoms with Gasteiger partial charge in [0.15, 0.2) is 5.96 Å². The van der Waals surface area contributed by atoms with Crippen LogP contribution in [0.3, 0.4) is 0 Å². The summed E-state index contributed by atoms with van der Waals surface area (Å²) >= 11 is 0. The van der Waals surface area contributed by atoms with Crippen LogP contribution in [0.1, 0.15) is 33.6 Å². The Hall–Kier alpha value is -0.810. The quantitative estimate of drug-likeness (QED) is 0.402. The van der Waals surface area contributed by atoms with Gasteiger partial charge < -0.3 is 15.5 Å². The van der Waals surface area contributed by atoms with Crippen molar-refractivity contribution in [2.24, 2.45) is 10.9 Å². The first-order valence-electron chi connectivity index (χ1n) is 8.55. The van der Waals surface area contributed by atoms with E-state index in [1.165, 1.54) is 45.6 Å². The van der Waals surface area contributed by atoms with Crippen molar-refractivity contribution < 1.29 is 0 Å². The monoisotopic (exact) mass is 297 g/mol. The Morgan fingerprint density at radius 3 is 2.24 bits per heavy atom. The number of hydrogen-bond donors (Lipinski definition) is 2. The zero-order valence-corrected chi connectivity index (χ0v) is 14.5. The van der Waals surface area contributed by atoms with E-state index in [1.807, 2.05) is 7.05 Å². The highest BCUT2D eigenvalue weighted by molar-refractivity contribution is 5.79. The van der Waals surface area contributed by atoms with Crippen molar-refractivity contribution in [3.8, 4) is 0 Å². The predicted octanol–water partition coefficient (Wildman–Crippen LogP) is 1.23. The Bertz CT molecular complexity index is 282. The molecule has 0 unspecified atom stereocenters. The molecule has 0 aliphatic carbocycles. The summed E-state index contributed by atoms with van der Waals surface area (Å²) in [6.45, 7) is 15.8. The Morgan fingerprint density at radius 2 is 1.67 bits per heavy atom. The summed E-state index contributed by atoms with van der Waals surface area (Å²) in [6.07, 6.45) is 2.48. The Labute approximate surface area is 131 Å². The minimum absolute atomic E-state index is 0.781. The fraction of sp³-hybridized carbons (Fsp3) is 0.938. The van der Waals surface area contributed by atoms with Gasteiger partial charge in [-0.3, -0.25) is 9.89 Å². The van der Waals surface area contributed by atoms with Gasteiger partial charge in [-0.1, -0.05) is 20.8 Å². The fourth-order valence-electron chi connectivity index (χ4n) is 2.60. The van der Waals surface area contributed by atoms with E-state index < -0.39 is 0 Å². The maximum Gasteiger partial charge on any atom is 0.191 e. The molecule has 0 aromatic carbocycles. The SMILES string of the molecule is CCN1CCN(CCNC(=NC)NCCCC(C)C)CC1. The van der Waals surface area contributed by atoms with Crippen LogP contribution in [0, 0.1) is 5.92 Å². The van der Waals surface area contributed by atoms with Gasteiger partial charge in [0.25, 0.3) is 0 Å². The molecule has 0 atom stereocenters. The molecule has 2 N–H and O–H groups in total. The third-order valence-corrected chi connectivity index (χ3v) is 4.11. The van der Waals surface area contributed by atoms with E-state index in [4.69, 9.17) is 0 Å². The van der Waals surface area contributed by atoms with Crippen molar-refractivity contribution in [1.82, 2.24) is 20.4 Å². The number of nitrogens with zero attached hydrogens (tertiary/aromatic N) is 3. The standard InChI is InChI=1S/C16H35N5/c1-5-20-11-13-21(14-12-20)10-9-19-16(17-4)18-8-6-7-15(2)3/h15H,5-14H2,1-4H3,(H2,17,18,19). The molecular formula is C16H35N5. The molecule has 1 heterocycles. The highest BCUT2D eigenvalue weighted by atomic mass is 15.3. The average Bonchev–Trinajstić information content (AvgIpc) is 2.50. The lowest BCUT2D eigenvalue weighted by Gasteiger charge is -2.34. The predicted molar refractivity (Wildman–Crippen MR) is 92.0 cm³/mol. The summed E-state index contributed by atoms with van der Waals surface area (Å²) in [5.74, 6) is 1.72. The van der Waals surface area contributed by atoms with Crippen LogP contribution in [0.5, 0.6) is 0 Å². The summed E-state index contributed by atoms with van der Waals surface area (Å²) in [4.78, 5) is 9.33. The second kappa shape index (κ2) is 10.9. The lowest BCUT2D eigenvalue weighted by atomic mass is 10.1. The third kappa shape index (κ3) is 8.27. The summed E-state index contributed by atoms with van der Waals surface area (Å²) in [5, 5.41) is 6.80. The molecule has 0 bridgehead atoms. The van der Waals surface area contributed by atoms with Gasteiger partial charge in [-0.05, 0) is 25.3 Å². The molecule has 21 heavy (non-hydrogen) atoms. The summed E-state index contributed by atoms with van der Waals surface area (Å²) in [7, 11) is 1.85. The molecule has 0 amide bonds. The minimum atomic E-state index is 0.781. The molecule has 1 rings (SSSR count). The molecule has 5 nitrogen and oxygen atoms in total. The summed E-state index contributed by atoms with van der Waals surface area (Å²) < 4.78 is 0. The van der Waals surface area contributed by atoms with Crippen LogP contribution in [0.4, 0.5) is 0 Å². The zero-order valence-electron chi connectivity index (χ0n) is 14.5. The molecule has 0 spiro atoms. The van der Waals surface area contributed by atoms with Crippen LogP contribution in [-0.4, -0.2) is 75.2 Å². The molecule has 0 radical (unpaired) electrons. The van der Waals surface area contributed by atoms with Gasteiger partial charge in [0, 0.05) is 52.9 Å². The van der Waals surface area contributed by atoms with Crippen LogP contribution in [0.25, 0.3) is 0 Å². The van der Waals surface area contributed by atoms with Crippen molar-refractivity contribution in [1.29, 1.82) is 0 Å². The van der Waals surface area contributed by atoms with Crippen molar-refractivity contribution >= 4 is 5.96 Å². The summed E-state index contributed by atoms with van der Waals surface area (Å²) in [6, 6.07) is 0.